The molecule has 2 amide bonds. The third-order valence-electron chi connectivity index (χ3n) is 5.92. The summed E-state index contributed by atoms with van der Waals surface area (Å²) in [6.45, 7) is 3.26. The number of aliphatic carboxylic acids is 1. The van der Waals surface area contributed by atoms with E-state index in [4.69, 9.17) is 5.11 Å². The van der Waals surface area contributed by atoms with Gasteiger partial charge in [0.2, 0.25) is 0 Å². The molecule has 2 bridgehead atoms. The molecule has 3 aliphatic rings. The van der Waals surface area contributed by atoms with Crippen LogP contribution < -0.4 is 5.32 Å². The third-order valence-corrected chi connectivity index (χ3v) is 5.92. The van der Waals surface area contributed by atoms with Crippen molar-refractivity contribution >= 4 is 12.0 Å². The Morgan fingerprint density at radius 1 is 1.14 bits per heavy atom. The van der Waals surface area contributed by atoms with Crippen LogP contribution in [0.4, 0.5) is 4.79 Å². The number of amides is 2. The number of carboxylic acids is 1. The minimum atomic E-state index is -0.731. The first kappa shape index (κ1) is 14.7. The molecule has 0 radical (unpaired) electrons. The lowest BCUT2D eigenvalue weighted by Gasteiger charge is -2.34. The highest BCUT2D eigenvalue weighted by atomic mass is 16.4. The molecule has 2 saturated carbocycles. The lowest BCUT2D eigenvalue weighted by molar-refractivity contribution is -0.143. The van der Waals surface area contributed by atoms with E-state index in [1.54, 1.807) is 4.90 Å². The summed E-state index contributed by atoms with van der Waals surface area (Å²) in [7, 11) is 0. The van der Waals surface area contributed by atoms with Gasteiger partial charge in [0.15, 0.2) is 0 Å². The molecule has 2 N–H and O–H groups in total. The number of piperidine rings is 1. The fourth-order valence-electron chi connectivity index (χ4n) is 4.63. The molecule has 1 saturated heterocycles. The van der Waals surface area contributed by atoms with E-state index < -0.39 is 5.97 Å². The maximum absolute atomic E-state index is 12.3. The maximum Gasteiger partial charge on any atom is 0.317 e. The predicted octanol–water partition coefficient (Wildman–Crippen LogP) is 2.32. The maximum atomic E-state index is 12.3. The zero-order chi connectivity index (χ0) is 15.0. The van der Waals surface area contributed by atoms with Crippen molar-refractivity contribution < 1.29 is 14.7 Å². The van der Waals surface area contributed by atoms with Gasteiger partial charge in [-0.05, 0) is 56.8 Å². The minimum Gasteiger partial charge on any atom is -0.481 e. The number of hydrogen-bond acceptors (Lipinski definition) is 2. The summed E-state index contributed by atoms with van der Waals surface area (Å²) in [5.41, 5.74) is 0. The SMILES string of the molecule is CC(NC(=O)N1CCC(C(=O)O)CC1)C1CC2CCC1C2. The van der Waals surface area contributed by atoms with Crippen LogP contribution in [0, 0.1) is 23.7 Å². The molecule has 21 heavy (non-hydrogen) atoms. The highest BCUT2D eigenvalue weighted by Gasteiger charge is 2.42. The summed E-state index contributed by atoms with van der Waals surface area (Å²) < 4.78 is 0. The monoisotopic (exact) mass is 294 g/mol. The van der Waals surface area contributed by atoms with Crippen molar-refractivity contribution in [3.63, 3.8) is 0 Å². The topological polar surface area (TPSA) is 69.6 Å². The Hall–Kier alpha value is -1.26. The number of carbonyl (C=O) groups is 2. The van der Waals surface area contributed by atoms with Crippen LogP contribution in [0.3, 0.4) is 0 Å². The van der Waals surface area contributed by atoms with Gasteiger partial charge in [-0.2, -0.15) is 0 Å². The quantitative estimate of drug-likeness (QED) is 0.839. The van der Waals surface area contributed by atoms with Gasteiger partial charge in [0.05, 0.1) is 5.92 Å². The number of carbonyl (C=O) groups excluding carboxylic acids is 1. The zero-order valence-corrected chi connectivity index (χ0v) is 12.8. The molecule has 5 heteroatoms. The van der Waals surface area contributed by atoms with Gasteiger partial charge in [-0.15, -0.1) is 0 Å². The molecule has 0 aromatic heterocycles. The summed E-state index contributed by atoms with van der Waals surface area (Å²) in [6.07, 6.45) is 6.49. The largest absolute Gasteiger partial charge is 0.481 e. The van der Waals surface area contributed by atoms with Crippen LogP contribution in [0.15, 0.2) is 0 Å². The van der Waals surface area contributed by atoms with E-state index in [1.165, 1.54) is 25.7 Å². The van der Waals surface area contributed by atoms with Crippen LogP contribution >= 0.6 is 0 Å². The van der Waals surface area contributed by atoms with Gasteiger partial charge in [-0.1, -0.05) is 6.42 Å². The molecule has 1 heterocycles. The number of rotatable bonds is 3. The normalized spacial score (nSPS) is 34.0. The zero-order valence-electron chi connectivity index (χ0n) is 12.8. The first-order valence-electron chi connectivity index (χ1n) is 8.33. The van der Waals surface area contributed by atoms with E-state index in [-0.39, 0.29) is 18.0 Å². The average molecular weight is 294 g/mol. The van der Waals surface area contributed by atoms with E-state index in [0.29, 0.717) is 31.8 Å². The molecule has 0 aromatic carbocycles. The second-order valence-electron chi connectivity index (χ2n) is 7.18. The van der Waals surface area contributed by atoms with Crippen molar-refractivity contribution in [2.75, 3.05) is 13.1 Å². The van der Waals surface area contributed by atoms with Crippen molar-refractivity contribution in [2.45, 2.75) is 51.5 Å². The Morgan fingerprint density at radius 2 is 1.86 bits per heavy atom. The van der Waals surface area contributed by atoms with Crippen LogP contribution in [-0.4, -0.2) is 41.1 Å². The summed E-state index contributed by atoms with van der Waals surface area (Å²) in [5, 5.41) is 12.2. The molecule has 0 spiro atoms. The van der Waals surface area contributed by atoms with Crippen molar-refractivity contribution in [2.24, 2.45) is 23.7 Å². The summed E-state index contributed by atoms with van der Waals surface area (Å²) in [6, 6.07) is 0.235. The van der Waals surface area contributed by atoms with E-state index >= 15 is 0 Å². The lowest BCUT2D eigenvalue weighted by Crippen LogP contribution is -2.50. The lowest BCUT2D eigenvalue weighted by atomic mass is 9.84. The Morgan fingerprint density at radius 3 is 2.38 bits per heavy atom. The second-order valence-corrected chi connectivity index (χ2v) is 7.18. The Kier molecular flexibility index (Phi) is 4.09. The smallest absolute Gasteiger partial charge is 0.317 e. The number of carboxylic acid groups (broad SMARTS) is 1. The van der Waals surface area contributed by atoms with Gasteiger partial charge in [0, 0.05) is 19.1 Å². The molecule has 2 aliphatic carbocycles. The van der Waals surface area contributed by atoms with Crippen molar-refractivity contribution in [1.29, 1.82) is 0 Å². The summed E-state index contributed by atoms with van der Waals surface area (Å²) >= 11 is 0. The highest BCUT2D eigenvalue weighted by molar-refractivity contribution is 5.75. The highest BCUT2D eigenvalue weighted by Crippen LogP contribution is 2.49. The molecular formula is C16H26N2O3. The van der Waals surface area contributed by atoms with Crippen LogP contribution in [0.2, 0.25) is 0 Å². The number of nitrogens with one attached hydrogen (secondary N) is 1. The van der Waals surface area contributed by atoms with E-state index in [9.17, 15) is 9.59 Å². The number of likely N-dealkylation sites (tertiary alicyclic amines) is 1. The molecule has 5 nitrogen and oxygen atoms in total. The fourth-order valence-corrected chi connectivity index (χ4v) is 4.63. The first-order valence-corrected chi connectivity index (χ1v) is 8.33. The predicted molar refractivity (Wildman–Crippen MR) is 78.9 cm³/mol. The van der Waals surface area contributed by atoms with Crippen LogP contribution in [-0.2, 0) is 4.79 Å². The standard InChI is InChI=1S/C16H26N2O3/c1-10(14-9-11-2-3-13(14)8-11)17-16(21)18-6-4-12(5-7-18)15(19)20/h10-14H,2-9H2,1H3,(H,17,21)(H,19,20). The second kappa shape index (κ2) is 5.85. The first-order chi connectivity index (χ1) is 10.0. The van der Waals surface area contributed by atoms with Crippen LogP contribution in [0.5, 0.6) is 0 Å². The molecule has 3 rings (SSSR count). The summed E-state index contributed by atoms with van der Waals surface area (Å²) in [5.74, 6) is 1.33. The molecule has 3 fully saturated rings. The number of fused-ring (bicyclic) bond motifs is 2. The fraction of sp³-hybridized carbons (Fsp3) is 0.875. The third kappa shape index (κ3) is 3.01. The molecule has 4 unspecified atom stereocenters. The Bertz CT molecular complexity index is 418. The number of urea groups is 1. The van der Waals surface area contributed by atoms with Gasteiger partial charge >= 0.3 is 12.0 Å². The molecule has 1 aliphatic heterocycles. The van der Waals surface area contributed by atoms with E-state index in [0.717, 1.165) is 11.8 Å². The molecule has 4 atom stereocenters. The van der Waals surface area contributed by atoms with Crippen molar-refractivity contribution in [3.8, 4) is 0 Å². The number of nitrogens with zero attached hydrogens (tertiary/aromatic N) is 1. The number of hydrogen-bond donors (Lipinski definition) is 2. The van der Waals surface area contributed by atoms with Crippen LogP contribution in [0.25, 0.3) is 0 Å². The van der Waals surface area contributed by atoms with Gasteiger partial charge in [0.1, 0.15) is 0 Å². The van der Waals surface area contributed by atoms with Crippen molar-refractivity contribution in [1.82, 2.24) is 10.2 Å². The Balaban J connectivity index is 1.47. The van der Waals surface area contributed by atoms with Gasteiger partial charge in [0.25, 0.3) is 0 Å². The minimum absolute atomic E-state index is 0.00545. The Labute approximate surface area is 126 Å². The van der Waals surface area contributed by atoms with Gasteiger partial charge in [-0.3, -0.25) is 4.79 Å². The van der Waals surface area contributed by atoms with Crippen LogP contribution in [0.1, 0.15) is 45.4 Å². The molecule has 0 aromatic rings. The summed E-state index contributed by atoms with van der Waals surface area (Å²) in [4.78, 5) is 25.0. The van der Waals surface area contributed by atoms with E-state index in [2.05, 4.69) is 12.2 Å². The van der Waals surface area contributed by atoms with E-state index in [1.807, 2.05) is 0 Å². The van der Waals surface area contributed by atoms with Gasteiger partial charge in [-0.25, -0.2) is 4.79 Å². The van der Waals surface area contributed by atoms with Gasteiger partial charge < -0.3 is 15.3 Å². The molecular weight excluding hydrogens is 268 g/mol. The molecule has 118 valence electrons. The average Bonchev–Trinajstić information content (AvgIpc) is 3.10. The van der Waals surface area contributed by atoms with Crippen molar-refractivity contribution in [3.05, 3.63) is 0 Å².